The summed E-state index contributed by atoms with van der Waals surface area (Å²) < 4.78 is 4.77. The largest absolute Gasteiger partial charge is 0.482 e. The van der Waals surface area contributed by atoms with E-state index in [1.807, 2.05) is 0 Å². The van der Waals surface area contributed by atoms with Gasteiger partial charge in [0.25, 0.3) is 0 Å². The number of carbonyl (C=O) groups excluding carboxylic acids is 1. The minimum absolute atomic E-state index is 0.0894. The molecule has 0 aromatic carbocycles. The Balaban J connectivity index is 2.56. The maximum absolute atomic E-state index is 10.0. The van der Waals surface area contributed by atoms with Crippen molar-refractivity contribution in [2.45, 2.75) is 12.2 Å². The monoisotopic (exact) mass is 144 g/mol. The van der Waals surface area contributed by atoms with Crippen molar-refractivity contribution in [3.05, 3.63) is 11.8 Å². The van der Waals surface area contributed by atoms with E-state index in [0.717, 1.165) is 0 Å². The number of ether oxygens (including phenoxy) is 1. The summed E-state index contributed by atoms with van der Waals surface area (Å²) in [5.74, 6) is 0.0894. The van der Waals surface area contributed by atoms with Crippen LogP contribution in [0.25, 0.3) is 0 Å². The highest BCUT2D eigenvalue weighted by Crippen LogP contribution is 2.14. The molecule has 4 heteroatoms. The number of rotatable bonds is 2. The maximum atomic E-state index is 10.0. The summed E-state index contributed by atoms with van der Waals surface area (Å²) >= 11 is 0. The van der Waals surface area contributed by atoms with Crippen LogP contribution in [0.4, 0.5) is 0 Å². The first-order valence-electron chi connectivity index (χ1n) is 2.90. The molecule has 56 valence electrons. The van der Waals surface area contributed by atoms with Crippen molar-refractivity contribution in [2.24, 2.45) is 0 Å². The molecule has 0 saturated carbocycles. The van der Waals surface area contributed by atoms with E-state index < -0.39 is 12.2 Å². The lowest BCUT2D eigenvalue weighted by Crippen LogP contribution is -2.25. The molecule has 1 heterocycles. The molecular weight excluding hydrogens is 136 g/mol. The lowest BCUT2D eigenvalue weighted by molar-refractivity contribution is -0.108. The van der Waals surface area contributed by atoms with Gasteiger partial charge in [-0.2, -0.15) is 0 Å². The molecule has 1 aliphatic rings. The number of aliphatic hydroxyl groups excluding tert-OH is 2. The van der Waals surface area contributed by atoms with E-state index in [1.165, 1.54) is 6.08 Å². The van der Waals surface area contributed by atoms with Gasteiger partial charge in [0, 0.05) is 0 Å². The van der Waals surface area contributed by atoms with Crippen molar-refractivity contribution in [2.75, 3.05) is 6.61 Å². The predicted octanol–water partition coefficient (Wildman–Crippen LogP) is -1.18. The van der Waals surface area contributed by atoms with E-state index in [1.54, 1.807) is 0 Å². The first kappa shape index (κ1) is 7.24. The summed E-state index contributed by atoms with van der Waals surface area (Å²) in [7, 11) is 0. The second-order valence-corrected chi connectivity index (χ2v) is 2.02. The molecule has 0 unspecified atom stereocenters. The van der Waals surface area contributed by atoms with Crippen LogP contribution in [0.1, 0.15) is 0 Å². The zero-order chi connectivity index (χ0) is 7.56. The predicted molar refractivity (Wildman–Crippen MR) is 32.1 cm³/mol. The van der Waals surface area contributed by atoms with Crippen molar-refractivity contribution >= 4 is 6.29 Å². The number of aliphatic hydroxyl groups is 2. The van der Waals surface area contributed by atoms with E-state index in [-0.39, 0.29) is 12.4 Å². The quantitative estimate of drug-likeness (QED) is 0.479. The van der Waals surface area contributed by atoms with Crippen molar-refractivity contribution in [3.8, 4) is 0 Å². The third-order valence-electron chi connectivity index (χ3n) is 1.30. The van der Waals surface area contributed by atoms with E-state index in [0.29, 0.717) is 6.29 Å². The highest BCUT2D eigenvalue weighted by atomic mass is 16.5. The van der Waals surface area contributed by atoms with Gasteiger partial charge in [-0.25, -0.2) is 0 Å². The molecule has 0 fully saturated rings. The first-order chi connectivity index (χ1) is 4.77. The van der Waals surface area contributed by atoms with Gasteiger partial charge in [-0.05, 0) is 6.08 Å². The van der Waals surface area contributed by atoms with Crippen LogP contribution in [-0.2, 0) is 9.53 Å². The van der Waals surface area contributed by atoms with Crippen LogP contribution in [0.15, 0.2) is 11.8 Å². The van der Waals surface area contributed by atoms with Crippen molar-refractivity contribution in [1.29, 1.82) is 0 Å². The van der Waals surface area contributed by atoms with Gasteiger partial charge in [-0.15, -0.1) is 0 Å². The Bertz CT molecular complexity index is 163. The number of allylic oxidation sites excluding steroid dienone is 1. The average Bonchev–Trinajstić information content (AvgIpc) is 2.30. The molecule has 0 aromatic heterocycles. The van der Waals surface area contributed by atoms with Gasteiger partial charge in [0.2, 0.25) is 0 Å². The zero-order valence-corrected chi connectivity index (χ0v) is 5.23. The first-order valence-corrected chi connectivity index (χ1v) is 2.90. The van der Waals surface area contributed by atoms with Crippen LogP contribution in [-0.4, -0.2) is 35.3 Å². The molecule has 0 saturated heterocycles. The van der Waals surface area contributed by atoms with Gasteiger partial charge >= 0.3 is 0 Å². The minimum atomic E-state index is -0.856. The van der Waals surface area contributed by atoms with E-state index in [4.69, 9.17) is 14.9 Å². The second kappa shape index (κ2) is 2.81. The molecule has 1 rings (SSSR count). The van der Waals surface area contributed by atoms with Gasteiger partial charge in [-0.3, -0.25) is 4.79 Å². The summed E-state index contributed by atoms with van der Waals surface area (Å²) in [6, 6.07) is 0. The zero-order valence-electron chi connectivity index (χ0n) is 5.23. The summed E-state index contributed by atoms with van der Waals surface area (Å²) in [4.78, 5) is 10.0. The smallest absolute Gasteiger partial charge is 0.184 e. The van der Waals surface area contributed by atoms with Crippen LogP contribution in [0.3, 0.4) is 0 Å². The number of aldehydes is 1. The third-order valence-corrected chi connectivity index (χ3v) is 1.30. The Kier molecular flexibility index (Phi) is 2.03. The highest BCUT2D eigenvalue weighted by Gasteiger charge is 2.25. The van der Waals surface area contributed by atoms with Gasteiger partial charge in [0.05, 0.1) is 6.61 Å². The highest BCUT2D eigenvalue weighted by molar-refractivity contribution is 5.71. The van der Waals surface area contributed by atoms with Crippen molar-refractivity contribution < 1.29 is 19.7 Å². The molecule has 1 aliphatic heterocycles. The Morgan fingerprint density at radius 2 is 2.50 bits per heavy atom. The molecular formula is C6H8O4. The van der Waals surface area contributed by atoms with Crippen LogP contribution >= 0.6 is 0 Å². The number of hydrogen-bond acceptors (Lipinski definition) is 4. The van der Waals surface area contributed by atoms with E-state index in [9.17, 15) is 4.79 Å². The molecule has 10 heavy (non-hydrogen) atoms. The van der Waals surface area contributed by atoms with Crippen LogP contribution in [0.5, 0.6) is 0 Å². The summed E-state index contributed by atoms with van der Waals surface area (Å²) in [5.41, 5.74) is 0. The molecule has 4 nitrogen and oxygen atoms in total. The van der Waals surface area contributed by atoms with Gasteiger partial charge in [0.15, 0.2) is 18.1 Å². The lowest BCUT2D eigenvalue weighted by Gasteiger charge is -2.10. The van der Waals surface area contributed by atoms with Gasteiger partial charge in [-0.1, -0.05) is 0 Å². The van der Waals surface area contributed by atoms with Crippen LogP contribution < -0.4 is 0 Å². The fourth-order valence-electron chi connectivity index (χ4n) is 0.772. The third kappa shape index (κ3) is 1.17. The average molecular weight is 144 g/mol. The standard InChI is InChI=1S/C6H8O4/c7-2-4-1-5(9)6(3-8)10-4/h1-2,5-6,8-9H,3H2/t5-,6-/m1/s1. The Hall–Kier alpha value is -0.870. The molecule has 2 atom stereocenters. The fourth-order valence-corrected chi connectivity index (χ4v) is 0.772. The van der Waals surface area contributed by atoms with E-state index >= 15 is 0 Å². The SMILES string of the molecule is O=CC1=C[C@@H](O)[C@@H](CO)O1. The molecule has 0 radical (unpaired) electrons. The second-order valence-electron chi connectivity index (χ2n) is 2.02. The molecule has 0 amide bonds. The summed E-state index contributed by atoms with van der Waals surface area (Å²) in [6.45, 7) is -0.283. The number of hydrogen-bond donors (Lipinski definition) is 2. The topological polar surface area (TPSA) is 66.8 Å². The molecule has 2 N–H and O–H groups in total. The van der Waals surface area contributed by atoms with Gasteiger partial charge in [0.1, 0.15) is 6.10 Å². The van der Waals surface area contributed by atoms with Gasteiger partial charge < -0.3 is 14.9 Å². The van der Waals surface area contributed by atoms with Crippen LogP contribution in [0, 0.1) is 0 Å². The summed E-state index contributed by atoms with van der Waals surface area (Å²) in [5, 5.41) is 17.5. The Morgan fingerprint density at radius 3 is 2.80 bits per heavy atom. The Morgan fingerprint density at radius 1 is 1.80 bits per heavy atom. The molecule has 0 aliphatic carbocycles. The van der Waals surface area contributed by atoms with Crippen molar-refractivity contribution in [1.82, 2.24) is 0 Å². The van der Waals surface area contributed by atoms with Crippen molar-refractivity contribution in [3.63, 3.8) is 0 Å². The molecule has 0 aromatic rings. The fraction of sp³-hybridized carbons (Fsp3) is 0.500. The normalized spacial score (nSPS) is 31.2. The molecule has 0 spiro atoms. The number of carbonyl (C=O) groups is 1. The maximum Gasteiger partial charge on any atom is 0.184 e. The van der Waals surface area contributed by atoms with E-state index in [2.05, 4.69) is 0 Å². The lowest BCUT2D eigenvalue weighted by atomic mass is 10.2. The Labute approximate surface area is 57.7 Å². The van der Waals surface area contributed by atoms with Crippen LogP contribution in [0.2, 0.25) is 0 Å². The minimum Gasteiger partial charge on any atom is -0.482 e. The molecule has 0 bridgehead atoms. The summed E-state index contributed by atoms with van der Waals surface area (Å²) in [6.07, 6.45) is 0.248.